The molecule has 0 spiro atoms. The van der Waals surface area contributed by atoms with Gasteiger partial charge >= 0.3 is 0 Å². The molecule has 1 aliphatic heterocycles. The lowest BCUT2D eigenvalue weighted by Crippen LogP contribution is -2.32. The van der Waals surface area contributed by atoms with E-state index in [9.17, 15) is 13.6 Å². The van der Waals surface area contributed by atoms with E-state index < -0.39 is 11.6 Å². The van der Waals surface area contributed by atoms with Gasteiger partial charge in [0.1, 0.15) is 23.1 Å². The van der Waals surface area contributed by atoms with Crippen LogP contribution in [0.4, 0.5) is 20.3 Å². The van der Waals surface area contributed by atoms with Crippen LogP contribution < -0.4 is 5.32 Å². The van der Waals surface area contributed by atoms with E-state index in [1.54, 1.807) is 4.90 Å². The van der Waals surface area contributed by atoms with Crippen LogP contribution in [-0.2, 0) is 0 Å². The Balaban J connectivity index is 1.69. The van der Waals surface area contributed by atoms with Gasteiger partial charge in [0.2, 0.25) is 0 Å². The van der Waals surface area contributed by atoms with Crippen molar-refractivity contribution in [3.8, 4) is 0 Å². The van der Waals surface area contributed by atoms with Crippen molar-refractivity contribution in [2.75, 3.05) is 18.4 Å². The third kappa shape index (κ3) is 3.84. The summed E-state index contributed by atoms with van der Waals surface area (Å²) in [5.74, 6) is -1.22. The molecule has 1 aromatic carbocycles. The molecule has 0 radical (unpaired) electrons. The normalized spacial score (nSPS) is 15.0. The van der Waals surface area contributed by atoms with Gasteiger partial charge in [-0.3, -0.25) is 4.79 Å². The zero-order valence-corrected chi connectivity index (χ0v) is 13.1. The van der Waals surface area contributed by atoms with Gasteiger partial charge < -0.3 is 10.2 Å². The quantitative estimate of drug-likeness (QED) is 0.934. The topological polar surface area (TPSA) is 58.1 Å². The molecule has 7 heteroatoms. The van der Waals surface area contributed by atoms with Gasteiger partial charge in [0.15, 0.2) is 0 Å². The average Bonchev–Trinajstić information content (AvgIpc) is 2.87. The Morgan fingerprint density at radius 2 is 1.79 bits per heavy atom. The largest absolute Gasteiger partial charge is 0.337 e. The highest BCUT2D eigenvalue weighted by atomic mass is 19.1. The summed E-state index contributed by atoms with van der Waals surface area (Å²) in [5, 5.41) is 2.71. The molecule has 126 valence electrons. The summed E-state index contributed by atoms with van der Waals surface area (Å²) in [7, 11) is 0. The zero-order chi connectivity index (χ0) is 16.9. The molecule has 0 aliphatic carbocycles. The van der Waals surface area contributed by atoms with Crippen molar-refractivity contribution < 1.29 is 13.6 Å². The van der Waals surface area contributed by atoms with Crippen molar-refractivity contribution in [2.24, 2.45) is 0 Å². The fraction of sp³-hybridized carbons (Fsp3) is 0.353. The summed E-state index contributed by atoms with van der Waals surface area (Å²) in [6.45, 7) is 1.47. The molecule has 1 aliphatic rings. The first-order valence-electron chi connectivity index (χ1n) is 7.97. The van der Waals surface area contributed by atoms with Crippen molar-refractivity contribution >= 4 is 17.4 Å². The van der Waals surface area contributed by atoms with Crippen LogP contribution in [0.15, 0.2) is 30.6 Å². The van der Waals surface area contributed by atoms with Crippen LogP contribution in [0.25, 0.3) is 0 Å². The van der Waals surface area contributed by atoms with Gasteiger partial charge in [0.25, 0.3) is 5.91 Å². The molecule has 2 heterocycles. The van der Waals surface area contributed by atoms with Gasteiger partial charge in [-0.1, -0.05) is 12.8 Å². The Morgan fingerprint density at radius 1 is 1.04 bits per heavy atom. The van der Waals surface area contributed by atoms with Crippen molar-refractivity contribution in [1.29, 1.82) is 0 Å². The number of carbonyl (C=O) groups excluding carboxylic acids is 1. The number of amides is 1. The molecule has 3 rings (SSSR count). The van der Waals surface area contributed by atoms with E-state index in [-0.39, 0.29) is 23.1 Å². The van der Waals surface area contributed by atoms with Gasteiger partial charge in [-0.2, -0.15) is 0 Å². The molecule has 1 saturated heterocycles. The number of benzene rings is 1. The molecule has 0 unspecified atom stereocenters. The highest BCUT2D eigenvalue weighted by molar-refractivity contribution is 5.92. The summed E-state index contributed by atoms with van der Waals surface area (Å²) in [6, 6.07) is 3.21. The molecular formula is C17H18F2N4O. The molecule has 24 heavy (non-hydrogen) atoms. The van der Waals surface area contributed by atoms with E-state index in [4.69, 9.17) is 0 Å². The number of rotatable bonds is 3. The summed E-state index contributed by atoms with van der Waals surface area (Å²) in [6.07, 6.45) is 7.03. The summed E-state index contributed by atoms with van der Waals surface area (Å²) < 4.78 is 26.5. The van der Waals surface area contributed by atoms with Crippen LogP contribution in [0.3, 0.4) is 0 Å². The minimum atomic E-state index is -0.721. The Kier molecular flexibility index (Phi) is 4.98. The second-order valence-corrected chi connectivity index (χ2v) is 5.74. The van der Waals surface area contributed by atoms with Crippen LogP contribution in [0.5, 0.6) is 0 Å². The van der Waals surface area contributed by atoms with Crippen LogP contribution in [0.2, 0.25) is 0 Å². The van der Waals surface area contributed by atoms with Crippen LogP contribution in [0.1, 0.15) is 36.2 Å². The molecule has 1 N–H and O–H groups in total. The molecule has 0 bridgehead atoms. The number of likely N-dealkylation sites (tertiary alicyclic amines) is 1. The van der Waals surface area contributed by atoms with E-state index in [2.05, 4.69) is 15.3 Å². The number of hydrogen-bond acceptors (Lipinski definition) is 4. The Morgan fingerprint density at radius 3 is 2.42 bits per heavy atom. The van der Waals surface area contributed by atoms with Crippen LogP contribution >= 0.6 is 0 Å². The first-order valence-corrected chi connectivity index (χ1v) is 7.97. The molecular weight excluding hydrogens is 314 g/mol. The van der Waals surface area contributed by atoms with Crippen molar-refractivity contribution in [2.45, 2.75) is 25.7 Å². The van der Waals surface area contributed by atoms with E-state index >= 15 is 0 Å². The lowest BCUT2D eigenvalue weighted by molar-refractivity contribution is 0.0755. The van der Waals surface area contributed by atoms with Gasteiger partial charge in [0, 0.05) is 19.2 Å². The van der Waals surface area contributed by atoms with Crippen molar-refractivity contribution in [3.05, 3.63) is 47.9 Å². The maximum atomic E-state index is 13.6. The number of halogens is 2. The first kappa shape index (κ1) is 16.3. The van der Waals surface area contributed by atoms with Crippen molar-refractivity contribution in [3.63, 3.8) is 0 Å². The van der Waals surface area contributed by atoms with E-state index in [1.807, 2.05) is 0 Å². The van der Waals surface area contributed by atoms with Gasteiger partial charge in [-0.25, -0.2) is 18.7 Å². The van der Waals surface area contributed by atoms with Crippen molar-refractivity contribution in [1.82, 2.24) is 14.9 Å². The Hall–Kier alpha value is -2.57. The number of nitrogens with one attached hydrogen (secondary N) is 1. The second kappa shape index (κ2) is 7.33. The predicted octanol–water partition coefficient (Wildman–Crippen LogP) is 3.51. The number of aromatic nitrogens is 2. The van der Waals surface area contributed by atoms with Gasteiger partial charge in [-0.05, 0) is 25.0 Å². The highest BCUT2D eigenvalue weighted by Gasteiger charge is 2.18. The molecule has 0 atom stereocenters. The SMILES string of the molecule is O=C(c1cnc(Nc2ccc(F)cc2F)cn1)N1CCCCCC1. The minimum Gasteiger partial charge on any atom is -0.337 e. The lowest BCUT2D eigenvalue weighted by Gasteiger charge is -2.19. The number of anilines is 2. The van der Waals surface area contributed by atoms with E-state index in [1.165, 1.54) is 18.5 Å². The minimum absolute atomic E-state index is 0.0947. The number of nitrogens with zero attached hydrogens (tertiary/aromatic N) is 3. The summed E-state index contributed by atoms with van der Waals surface area (Å²) in [4.78, 5) is 22.4. The molecule has 1 amide bonds. The van der Waals surface area contributed by atoms with Gasteiger partial charge in [-0.15, -0.1) is 0 Å². The van der Waals surface area contributed by atoms with Crippen LogP contribution in [0, 0.1) is 11.6 Å². The second-order valence-electron chi connectivity index (χ2n) is 5.74. The predicted molar refractivity (Wildman–Crippen MR) is 86.0 cm³/mol. The lowest BCUT2D eigenvalue weighted by atomic mass is 10.2. The molecule has 1 fully saturated rings. The molecule has 1 aromatic heterocycles. The molecule has 5 nitrogen and oxygen atoms in total. The third-order valence-electron chi connectivity index (χ3n) is 3.96. The standard InChI is InChI=1S/C17H18F2N4O/c18-12-5-6-14(13(19)9-12)22-16-11-20-15(10-21-16)17(24)23-7-3-1-2-4-8-23/h5-6,9-11H,1-4,7-8H2,(H,21,22). The summed E-state index contributed by atoms with van der Waals surface area (Å²) >= 11 is 0. The number of hydrogen-bond donors (Lipinski definition) is 1. The van der Waals surface area contributed by atoms with E-state index in [0.717, 1.165) is 50.9 Å². The maximum absolute atomic E-state index is 13.6. The monoisotopic (exact) mass is 332 g/mol. The average molecular weight is 332 g/mol. The van der Waals surface area contributed by atoms with E-state index in [0.29, 0.717) is 0 Å². The summed E-state index contributed by atoms with van der Waals surface area (Å²) in [5.41, 5.74) is 0.360. The third-order valence-corrected chi connectivity index (χ3v) is 3.96. The number of carbonyl (C=O) groups is 1. The Labute approximate surface area is 138 Å². The fourth-order valence-electron chi connectivity index (χ4n) is 2.67. The maximum Gasteiger partial charge on any atom is 0.274 e. The molecule has 2 aromatic rings. The molecule has 0 saturated carbocycles. The fourth-order valence-corrected chi connectivity index (χ4v) is 2.67. The smallest absolute Gasteiger partial charge is 0.274 e. The Bertz CT molecular complexity index is 713. The van der Waals surface area contributed by atoms with Gasteiger partial charge in [0.05, 0.1) is 18.1 Å². The first-order chi connectivity index (χ1) is 11.6. The van der Waals surface area contributed by atoms with Crippen LogP contribution in [-0.4, -0.2) is 33.9 Å². The highest BCUT2D eigenvalue weighted by Crippen LogP contribution is 2.19. The zero-order valence-electron chi connectivity index (χ0n) is 13.1.